The van der Waals surface area contributed by atoms with Crippen molar-refractivity contribution in [1.29, 1.82) is 0 Å². The summed E-state index contributed by atoms with van der Waals surface area (Å²) in [6.07, 6.45) is 6.00. The van der Waals surface area contributed by atoms with Crippen LogP contribution in [0.4, 0.5) is 4.39 Å². The van der Waals surface area contributed by atoms with Crippen molar-refractivity contribution in [3.05, 3.63) is 59.4 Å². The highest BCUT2D eigenvalue weighted by Gasteiger charge is 2.39. The predicted octanol–water partition coefficient (Wildman–Crippen LogP) is 3.71. The Hall–Kier alpha value is -2.77. The van der Waals surface area contributed by atoms with Gasteiger partial charge in [-0.25, -0.2) is 9.82 Å². The monoisotopic (exact) mass is 465 g/mol. The molecule has 2 saturated heterocycles. The Labute approximate surface area is 199 Å². The minimum absolute atomic E-state index is 0.0471. The molecule has 0 aromatic heterocycles. The molecule has 2 amide bonds. The van der Waals surface area contributed by atoms with Gasteiger partial charge in [0.05, 0.1) is 13.2 Å². The molecule has 5 rings (SSSR count). The number of hydrogen-bond donors (Lipinski definition) is 2. The number of hydrazine groups is 1. The van der Waals surface area contributed by atoms with Crippen molar-refractivity contribution in [2.45, 2.75) is 44.6 Å². The van der Waals surface area contributed by atoms with E-state index in [1.165, 1.54) is 12.5 Å². The SMILES string of the molecule is O=C1NNC(CCc2ccc(F)c(-c3cccc(C(=O)N4CCOCC4)c3)c2)C2CCCCC12. The molecule has 34 heavy (non-hydrogen) atoms. The lowest BCUT2D eigenvalue weighted by molar-refractivity contribution is -0.133. The molecule has 0 bridgehead atoms. The fourth-order valence-electron chi connectivity index (χ4n) is 5.66. The summed E-state index contributed by atoms with van der Waals surface area (Å²) in [5, 5.41) is 0. The van der Waals surface area contributed by atoms with Gasteiger partial charge in [0.15, 0.2) is 0 Å². The van der Waals surface area contributed by atoms with Crippen molar-refractivity contribution in [2.75, 3.05) is 26.3 Å². The Kier molecular flexibility index (Phi) is 6.92. The summed E-state index contributed by atoms with van der Waals surface area (Å²) in [5.41, 5.74) is 8.91. The Balaban J connectivity index is 1.30. The van der Waals surface area contributed by atoms with Gasteiger partial charge >= 0.3 is 0 Å². The van der Waals surface area contributed by atoms with E-state index in [1.54, 1.807) is 17.0 Å². The van der Waals surface area contributed by atoms with Crippen LogP contribution in [0, 0.1) is 17.7 Å². The number of benzene rings is 2. The zero-order chi connectivity index (χ0) is 23.5. The molecule has 3 aliphatic rings. The van der Waals surface area contributed by atoms with Crippen LogP contribution in [0.5, 0.6) is 0 Å². The normalized spacial score (nSPS) is 24.9. The van der Waals surface area contributed by atoms with Gasteiger partial charge in [-0.3, -0.25) is 15.0 Å². The second-order valence-electron chi connectivity index (χ2n) is 9.63. The van der Waals surface area contributed by atoms with E-state index in [2.05, 4.69) is 10.9 Å². The summed E-state index contributed by atoms with van der Waals surface area (Å²) in [5.74, 6) is 0.252. The van der Waals surface area contributed by atoms with Gasteiger partial charge in [-0.2, -0.15) is 0 Å². The summed E-state index contributed by atoms with van der Waals surface area (Å²) in [4.78, 5) is 26.9. The first-order valence-electron chi connectivity index (χ1n) is 12.4. The number of rotatable bonds is 5. The Bertz CT molecular complexity index is 1050. The molecular weight excluding hydrogens is 433 g/mol. The van der Waals surface area contributed by atoms with Crippen molar-refractivity contribution in [1.82, 2.24) is 15.8 Å². The summed E-state index contributed by atoms with van der Waals surface area (Å²) < 4.78 is 20.2. The molecule has 2 N–H and O–H groups in total. The highest BCUT2D eigenvalue weighted by Crippen LogP contribution is 2.36. The number of nitrogens with zero attached hydrogens (tertiary/aromatic N) is 1. The van der Waals surface area contributed by atoms with Crippen LogP contribution in [0.15, 0.2) is 42.5 Å². The topological polar surface area (TPSA) is 70.7 Å². The van der Waals surface area contributed by atoms with E-state index in [9.17, 15) is 14.0 Å². The number of carbonyl (C=O) groups excluding carboxylic acids is 2. The molecule has 2 aliphatic heterocycles. The largest absolute Gasteiger partial charge is 0.378 e. The van der Waals surface area contributed by atoms with E-state index in [0.717, 1.165) is 37.7 Å². The van der Waals surface area contributed by atoms with Crippen LogP contribution in [0.2, 0.25) is 0 Å². The molecule has 0 radical (unpaired) electrons. The van der Waals surface area contributed by atoms with Crippen LogP contribution in [-0.4, -0.2) is 49.1 Å². The summed E-state index contributed by atoms with van der Waals surface area (Å²) in [6.45, 7) is 2.24. The van der Waals surface area contributed by atoms with E-state index in [4.69, 9.17) is 4.74 Å². The molecule has 180 valence electrons. The number of fused-ring (bicyclic) bond motifs is 1. The van der Waals surface area contributed by atoms with Crippen LogP contribution in [0.1, 0.15) is 48.0 Å². The zero-order valence-corrected chi connectivity index (χ0v) is 19.4. The fraction of sp³-hybridized carbons (Fsp3) is 0.481. The number of carbonyl (C=O) groups is 2. The van der Waals surface area contributed by atoms with Gasteiger partial charge in [-0.05, 0) is 67.0 Å². The number of hydrogen-bond acceptors (Lipinski definition) is 4. The standard InChI is InChI=1S/C27H32FN3O3/c28-24-10-8-18(9-11-25-21-6-1-2-7-22(21)26(32)30-29-25)16-23(24)19-4-3-5-20(17-19)27(33)31-12-14-34-15-13-31/h3-5,8,10,16-17,21-22,25,29H,1-2,6-7,9,11-15H2,(H,30,32). The summed E-state index contributed by atoms with van der Waals surface area (Å²) in [6, 6.07) is 12.7. The van der Waals surface area contributed by atoms with Crippen LogP contribution in [0.3, 0.4) is 0 Å². The highest BCUT2D eigenvalue weighted by molar-refractivity contribution is 5.95. The molecule has 3 fully saturated rings. The van der Waals surface area contributed by atoms with E-state index >= 15 is 0 Å². The maximum atomic E-state index is 14.8. The number of amides is 2. The van der Waals surface area contributed by atoms with Gasteiger partial charge in [0, 0.05) is 36.2 Å². The number of nitrogens with one attached hydrogen (secondary N) is 2. The molecular formula is C27H32FN3O3. The first kappa shape index (κ1) is 23.0. The van der Waals surface area contributed by atoms with Gasteiger partial charge in [-0.15, -0.1) is 0 Å². The van der Waals surface area contributed by atoms with Crippen molar-refractivity contribution in [2.24, 2.45) is 11.8 Å². The molecule has 2 heterocycles. The number of aryl methyl sites for hydroxylation is 1. The fourth-order valence-corrected chi connectivity index (χ4v) is 5.66. The molecule has 3 unspecified atom stereocenters. The molecule has 2 aromatic carbocycles. The van der Waals surface area contributed by atoms with Crippen molar-refractivity contribution in [3.8, 4) is 11.1 Å². The van der Waals surface area contributed by atoms with Crippen molar-refractivity contribution < 1.29 is 18.7 Å². The lowest BCUT2D eigenvalue weighted by atomic mass is 9.72. The summed E-state index contributed by atoms with van der Waals surface area (Å²) in [7, 11) is 0. The van der Waals surface area contributed by atoms with E-state index < -0.39 is 0 Å². The van der Waals surface area contributed by atoms with Gasteiger partial charge in [0.25, 0.3) is 5.91 Å². The maximum Gasteiger partial charge on any atom is 0.254 e. The lowest BCUT2D eigenvalue weighted by Crippen LogP contribution is -2.59. The summed E-state index contributed by atoms with van der Waals surface area (Å²) >= 11 is 0. The second-order valence-corrected chi connectivity index (χ2v) is 9.63. The minimum Gasteiger partial charge on any atom is -0.378 e. The molecule has 0 spiro atoms. The molecule has 3 atom stereocenters. The van der Waals surface area contributed by atoms with Crippen LogP contribution in [-0.2, 0) is 16.0 Å². The smallest absolute Gasteiger partial charge is 0.254 e. The van der Waals surface area contributed by atoms with Crippen LogP contribution in [0.25, 0.3) is 11.1 Å². The number of morpholine rings is 1. The molecule has 1 saturated carbocycles. The van der Waals surface area contributed by atoms with E-state index in [1.807, 2.05) is 24.3 Å². The van der Waals surface area contributed by atoms with E-state index in [0.29, 0.717) is 48.9 Å². The Morgan fingerprint density at radius 2 is 1.91 bits per heavy atom. The van der Waals surface area contributed by atoms with Gasteiger partial charge in [0.2, 0.25) is 5.91 Å². The molecule has 6 nitrogen and oxygen atoms in total. The second kappa shape index (κ2) is 10.2. The first-order valence-corrected chi connectivity index (χ1v) is 12.4. The highest BCUT2D eigenvalue weighted by atomic mass is 19.1. The van der Waals surface area contributed by atoms with Crippen LogP contribution >= 0.6 is 0 Å². The number of halogens is 1. The average Bonchev–Trinajstić information content (AvgIpc) is 2.89. The zero-order valence-electron chi connectivity index (χ0n) is 19.4. The first-order chi connectivity index (χ1) is 16.6. The van der Waals surface area contributed by atoms with Crippen molar-refractivity contribution in [3.63, 3.8) is 0 Å². The molecule has 7 heteroatoms. The number of ether oxygens (including phenoxy) is 1. The van der Waals surface area contributed by atoms with E-state index in [-0.39, 0.29) is 29.6 Å². The molecule has 1 aliphatic carbocycles. The van der Waals surface area contributed by atoms with Gasteiger partial charge in [0.1, 0.15) is 5.82 Å². The third-order valence-electron chi connectivity index (χ3n) is 7.55. The quantitative estimate of drug-likeness (QED) is 0.706. The third kappa shape index (κ3) is 4.86. The third-order valence-corrected chi connectivity index (χ3v) is 7.55. The lowest BCUT2D eigenvalue weighted by Gasteiger charge is -2.41. The maximum absolute atomic E-state index is 14.8. The van der Waals surface area contributed by atoms with Gasteiger partial charge in [-0.1, -0.05) is 31.0 Å². The van der Waals surface area contributed by atoms with Crippen LogP contribution < -0.4 is 10.9 Å². The van der Waals surface area contributed by atoms with Crippen molar-refractivity contribution >= 4 is 11.8 Å². The molecule has 2 aromatic rings. The minimum atomic E-state index is -0.296. The average molecular weight is 466 g/mol. The Morgan fingerprint density at radius 3 is 2.76 bits per heavy atom. The van der Waals surface area contributed by atoms with Gasteiger partial charge < -0.3 is 9.64 Å². The predicted molar refractivity (Wildman–Crippen MR) is 127 cm³/mol. The Morgan fingerprint density at radius 1 is 1.09 bits per heavy atom.